The molecule has 0 atom stereocenters. The van der Waals surface area contributed by atoms with Crippen LogP contribution in [-0.4, -0.2) is 15.8 Å². The van der Waals surface area contributed by atoms with Gasteiger partial charge in [0.1, 0.15) is 0 Å². The summed E-state index contributed by atoms with van der Waals surface area (Å²) in [5.41, 5.74) is 18.9. The van der Waals surface area contributed by atoms with Crippen LogP contribution in [-0.2, 0) is 5.41 Å². The van der Waals surface area contributed by atoms with Crippen LogP contribution in [0.2, 0.25) is 0 Å². The molecule has 56 heavy (non-hydrogen) atoms. The molecule has 0 amide bonds. The Balaban J connectivity index is 1.30. The fourth-order valence-corrected chi connectivity index (χ4v) is 10.0. The molecule has 2 aliphatic heterocycles. The SMILES string of the molecule is CC(C)(C)c1ccc(-c2c3c(cc4c5cccc6c5n(c24)-c2cccc4c2B6c2ccccc2N4c2ccccc2)c2ccccc2n3-c2ccccc2)cc1. The fraction of sp³-hybridized carbons (Fsp3) is 0.0769. The topological polar surface area (TPSA) is 13.1 Å². The first-order valence-corrected chi connectivity index (χ1v) is 19.7. The number of hydrogen-bond donors (Lipinski definition) is 0. The van der Waals surface area contributed by atoms with Gasteiger partial charge in [0.05, 0.1) is 16.6 Å². The largest absolute Gasteiger partial charge is 0.311 e. The van der Waals surface area contributed by atoms with Crippen molar-refractivity contribution in [3.8, 4) is 22.5 Å². The smallest absolute Gasteiger partial charge is 0.252 e. The van der Waals surface area contributed by atoms with Gasteiger partial charge in [-0.3, -0.25) is 0 Å². The van der Waals surface area contributed by atoms with Crippen LogP contribution in [0.1, 0.15) is 26.3 Å². The third-order valence-corrected chi connectivity index (χ3v) is 12.4. The van der Waals surface area contributed by atoms with Gasteiger partial charge in [0, 0.05) is 61.1 Å². The van der Waals surface area contributed by atoms with Crippen molar-refractivity contribution >= 4 is 83.8 Å². The van der Waals surface area contributed by atoms with Crippen LogP contribution in [0, 0.1) is 0 Å². The Morgan fingerprint density at radius 3 is 1.80 bits per heavy atom. The van der Waals surface area contributed by atoms with Crippen LogP contribution in [0.25, 0.3) is 66.1 Å². The number of fused-ring (bicyclic) bond motifs is 10. The molecule has 0 unspecified atom stereocenters. The molecule has 0 bridgehead atoms. The van der Waals surface area contributed by atoms with E-state index in [-0.39, 0.29) is 12.1 Å². The molecule has 8 aromatic carbocycles. The monoisotopic (exact) mass is 715 g/mol. The predicted octanol–water partition coefficient (Wildman–Crippen LogP) is 11.5. The lowest BCUT2D eigenvalue weighted by Gasteiger charge is -2.40. The second-order valence-corrected chi connectivity index (χ2v) is 16.5. The Morgan fingerprint density at radius 2 is 1.02 bits per heavy atom. The second kappa shape index (κ2) is 11.4. The molecular formula is C52H38BN3. The van der Waals surface area contributed by atoms with Gasteiger partial charge in [-0.05, 0) is 87.5 Å². The van der Waals surface area contributed by atoms with E-state index in [9.17, 15) is 0 Å². The zero-order valence-electron chi connectivity index (χ0n) is 31.7. The summed E-state index contributed by atoms with van der Waals surface area (Å²) in [5.74, 6) is 0. The van der Waals surface area contributed by atoms with Crippen LogP contribution >= 0.6 is 0 Å². The van der Waals surface area contributed by atoms with E-state index in [0.29, 0.717) is 0 Å². The van der Waals surface area contributed by atoms with Crippen molar-refractivity contribution in [2.24, 2.45) is 0 Å². The normalized spacial score (nSPS) is 13.2. The second-order valence-electron chi connectivity index (χ2n) is 16.5. The summed E-state index contributed by atoms with van der Waals surface area (Å²) in [6, 6.07) is 65.6. The molecule has 2 aliphatic rings. The van der Waals surface area contributed by atoms with Crippen LogP contribution < -0.4 is 21.3 Å². The zero-order chi connectivity index (χ0) is 37.3. The highest BCUT2D eigenvalue weighted by molar-refractivity contribution is 7.00. The molecule has 0 saturated carbocycles. The van der Waals surface area contributed by atoms with Crippen molar-refractivity contribution in [3.05, 3.63) is 181 Å². The molecular weight excluding hydrogens is 677 g/mol. The van der Waals surface area contributed by atoms with Gasteiger partial charge in [0.15, 0.2) is 0 Å². The number of nitrogens with zero attached hydrogens (tertiary/aromatic N) is 3. The molecule has 12 rings (SSSR count). The van der Waals surface area contributed by atoms with Crippen molar-refractivity contribution in [2.45, 2.75) is 26.2 Å². The van der Waals surface area contributed by atoms with E-state index in [1.54, 1.807) is 0 Å². The van der Waals surface area contributed by atoms with Gasteiger partial charge < -0.3 is 14.0 Å². The summed E-state index contributed by atoms with van der Waals surface area (Å²) in [6.45, 7) is 6.99. The number of anilines is 3. The van der Waals surface area contributed by atoms with E-state index < -0.39 is 0 Å². The van der Waals surface area contributed by atoms with Crippen LogP contribution in [0.5, 0.6) is 0 Å². The van der Waals surface area contributed by atoms with Gasteiger partial charge in [-0.1, -0.05) is 142 Å². The molecule has 0 spiro atoms. The van der Waals surface area contributed by atoms with Gasteiger partial charge >= 0.3 is 0 Å². The summed E-state index contributed by atoms with van der Waals surface area (Å²) in [4.78, 5) is 2.47. The number of hydrogen-bond acceptors (Lipinski definition) is 1. The highest BCUT2D eigenvalue weighted by Gasteiger charge is 2.42. The lowest BCUT2D eigenvalue weighted by atomic mass is 9.34. The molecule has 264 valence electrons. The van der Waals surface area contributed by atoms with Gasteiger partial charge in [0.2, 0.25) is 0 Å². The summed E-state index contributed by atoms with van der Waals surface area (Å²) in [5, 5.41) is 5.11. The van der Waals surface area contributed by atoms with E-state index in [4.69, 9.17) is 0 Å². The molecule has 0 N–H and O–H groups in total. The van der Waals surface area contributed by atoms with Gasteiger partial charge in [0.25, 0.3) is 6.71 Å². The van der Waals surface area contributed by atoms with Gasteiger partial charge in [-0.15, -0.1) is 0 Å². The first-order chi connectivity index (χ1) is 27.5. The summed E-state index contributed by atoms with van der Waals surface area (Å²) >= 11 is 0. The molecule has 0 radical (unpaired) electrons. The Bertz CT molecular complexity index is 3220. The molecule has 4 heterocycles. The Kier molecular flexibility index (Phi) is 6.41. The quantitative estimate of drug-likeness (QED) is 0.166. The summed E-state index contributed by atoms with van der Waals surface area (Å²) in [7, 11) is 0. The molecule has 0 aliphatic carbocycles. The lowest BCUT2D eigenvalue weighted by molar-refractivity contribution is 0.590. The van der Waals surface area contributed by atoms with E-state index in [2.05, 4.69) is 211 Å². The number of rotatable bonds is 3. The van der Waals surface area contributed by atoms with Crippen molar-refractivity contribution < 1.29 is 0 Å². The molecule has 10 aromatic rings. The first-order valence-electron chi connectivity index (χ1n) is 19.7. The molecule has 2 aromatic heterocycles. The van der Waals surface area contributed by atoms with E-state index >= 15 is 0 Å². The van der Waals surface area contributed by atoms with E-state index in [1.165, 1.54) is 99.4 Å². The maximum absolute atomic E-state index is 2.63. The third kappa shape index (κ3) is 4.19. The Labute approximate surface area is 326 Å². The van der Waals surface area contributed by atoms with Crippen molar-refractivity contribution in [1.29, 1.82) is 0 Å². The van der Waals surface area contributed by atoms with E-state index in [1.807, 2.05) is 0 Å². The maximum Gasteiger partial charge on any atom is 0.252 e. The number of aromatic nitrogens is 2. The molecule has 0 fully saturated rings. The average molecular weight is 716 g/mol. The average Bonchev–Trinajstić information content (AvgIpc) is 3.75. The minimum Gasteiger partial charge on any atom is -0.311 e. The first kappa shape index (κ1) is 31.6. The summed E-state index contributed by atoms with van der Waals surface area (Å²) < 4.78 is 5.13. The molecule has 4 heteroatoms. The van der Waals surface area contributed by atoms with Crippen LogP contribution in [0.15, 0.2) is 176 Å². The van der Waals surface area contributed by atoms with Gasteiger partial charge in [-0.25, -0.2) is 0 Å². The van der Waals surface area contributed by atoms with Crippen LogP contribution in [0.4, 0.5) is 17.1 Å². The Morgan fingerprint density at radius 1 is 0.429 bits per heavy atom. The Hall–Kier alpha value is -6.78. The lowest BCUT2D eigenvalue weighted by Crippen LogP contribution is -2.60. The minimum absolute atomic E-state index is 0.0441. The maximum atomic E-state index is 2.63. The van der Waals surface area contributed by atoms with Crippen molar-refractivity contribution in [1.82, 2.24) is 9.13 Å². The fourth-order valence-electron chi connectivity index (χ4n) is 10.0. The van der Waals surface area contributed by atoms with E-state index in [0.717, 1.165) is 5.69 Å². The predicted molar refractivity (Wildman–Crippen MR) is 239 cm³/mol. The highest BCUT2D eigenvalue weighted by atomic mass is 15.2. The standard InChI is InChI=1S/C52H38BN3/c1-52(2,3)34-30-28-33(29-31-34)47-50-39(37-20-10-12-24-43(37)55(50)36-18-8-5-9-19-36)32-40-38-21-14-23-42-49(38)56(51(40)47)46-27-15-26-45-48(46)53(42)41-22-11-13-25-44(41)54(45)35-16-6-4-7-17-35/h4-32H,1-3H3. The number of para-hydroxylation sites is 5. The summed E-state index contributed by atoms with van der Waals surface area (Å²) in [6.07, 6.45) is 0. The number of benzene rings is 8. The highest BCUT2D eigenvalue weighted by Crippen LogP contribution is 2.48. The minimum atomic E-state index is 0.0441. The molecule has 0 saturated heterocycles. The van der Waals surface area contributed by atoms with Crippen molar-refractivity contribution in [3.63, 3.8) is 0 Å². The van der Waals surface area contributed by atoms with Crippen molar-refractivity contribution in [2.75, 3.05) is 4.90 Å². The third-order valence-electron chi connectivity index (χ3n) is 12.4. The van der Waals surface area contributed by atoms with Gasteiger partial charge in [-0.2, -0.15) is 0 Å². The van der Waals surface area contributed by atoms with Crippen LogP contribution in [0.3, 0.4) is 0 Å². The molecule has 3 nitrogen and oxygen atoms in total. The zero-order valence-corrected chi connectivity index (χ0v) is 31.7.